The molecule has 1 saturated carbocycles. The number of benzene rings is 3. The predicted molar refractivity (Wildman–Crippen MR) is 176 cm³/mol. The van der Waals surface area contributed by atoms with Crippen molar-refractivity contribution >= 4 is 50.7 Å². The lowest BCUT2D eigenvalue weighted by atomic mass is 10.0. The summed E-state index contributed by atoms with van der Waals surface area (Å²) in [6.07, 6.45) is 5.67. The minimum Gasteiger partial charge on any atom is -0.495 e. The highest BCUT2D eigenvalue weighted by atomic mass is 35.5. The second-order valence-corrected chi connectivity index (χ2v) is 13.9. The van der Waals surface area contributed by atoms with Crippen LogP contribution in [-0.2, 0) is 32.6 Å². The second kappa shape index (κ2) is 15.6. The van der Waals surface area contributed by atoms with E-state index in [0.717, 1.165) is 43.1 Å². The largest absolute Gasteiger partial charge is 0.495 e. The van der Waals surface area contributed by atoms with Crippen molar-refractivity contribution in [3.63, 3.8) is 0 Å². The van der Waals surface area contributed by atoms with Crippen molar-refractivity contribution in [2.75, 3.05) is 24.2 Å². The van der Waals surface area contributed by atoms with E-state index in [0.29, 0.717) is 22.9 Å². The van der Waals surface area contributed by atoms with E-state index < -0.39 is 16.1 Å². The van der Waals surface area contributed by atoms with Gasteiger partial charge >= 0.3 is 0 Å². The lowest BCUT2D eigenvalue weighted by Gasteiger charge is -2.33. The van der Waals surface area contributed by atoms with Gasteiger partial charge in [-0.15, -0.1) is 0 Å². The minimum atomic E-state index is -3.68. The van der Waals surface area contributed by atoms with Crippen LogP contribution in [0.4, 0.5) is 5.69 Å². The third kappa shape index (κ3) is 9.36. The van der Waals surface area contributed by atoms with Crippen molar-refractivity contribution in [1.82, 2.24) is 10.2 Å². The molecule has 2 amide bonds. The zero-order chi connectivity index (χ0) is 31.7. The summed E-state index contributed by atoms with van der Waals surface area (Å²) in [4.78, 5) is 29.5. The minimum absolute atomic E-state index is 0.0263. The number of carbonyl (C=O) groups excluding carboxylic acids is 2. The molecule has 1 fully saturated rings. The molecule has 3 aromatic carbocycles. The zero-order valence-corrected chi connectivity index (χ0v) is 27.4. The number of nitrogens with zero attached hydrogens (tertiary/aromatic N) is 2. The van der Waals surface area contributed by atoms with Crippen molar-refractivity contribution in [2.45, 2.75) is 63.6 Å². The highest BCUT2D eigenvalue weighted by Gasteiger charge is 2.32. The van der Waals surface area contributed by atoms with Crippen molar-refractivity contribution in [1.29, 1.82) is 0 Å². The van der Waals surface area contributed by atoms with Crippen LogP contribution in [0.2, 0.25) is 10.0 Å². The average Bonchev–Trinajstić information content (AvgIpc) is 3.50. The van der Waals surface area contributed by atoms with Gasteiger partial charge < -0.3 is 15.0 Å². The molecule has 1 N–H and O–H groups in total. The van der Waals surface area contributed by atoms with Gasteiger partial charge in [0, 0.05) is 37.0 Å². The van der Waals surface area contributed by atoms with Gasteiger partial charge in [-0.25, -0.2) is 8.42 Å². The van der Waals surface area contributed by atoms with Crippen LogP contribution in [0, 0.1) is 0 Å². The number of hydrogen-bond acceptors (Lipinski definition) is 5. The van der Waals surface area contributed by atoms with Gasteiger partial charge in [0.15, 0.2) is 0 Å². The van der Waals surface area contributed by atoms with Crippen LogP contribution in [0.25, 0.3) is 0 Å². The summed E-state index contributed by atoms with van der Waals surface area (Å²) in [5.74, 6) is -0.0218. The highest BCUT2D eigenvalue weighted by molar-refractivity contribution is 7.92. The molecule has 0 heterocycles. The molecule has 0 spiro atoms. The van der Waals surface area contributed by atoms with E-state index in [-0.39, 0.29) is 48.8 Å². The quantitative estimate of drug-likeness (QED) is 0.221. The number of halogens is 2. The normalized spacial score (nSPS) is 14.2. The van der Waals surface area contributed by atoms with Crippen LogP contribution in [0.15, 0.2) is 72.8 Å². The van der Waals surface area contributed by atoms with Crippen LogP contribution in [0.3, 0.4) is 0 Å². The van der Waals surface area contributed by atoms with Crippen LogP contribution >= 0.6 is 23.2 Å². The lowest BCUT2D eigenvalue weighted by Crippen LogP contribution is -2.52. The number of methoxy groups -OCH3 is 1. The molecule has 8 nitrogen and oxygen atoms in total. The Kier molecular flexibility index (Phi) is 11.9. The van der Waals surface area contributed by atoms with Gasteiger partial charge in [-0.2, -0.15) is 0 Å². The molecule has 0 saturated heterocycles. The number of nitrogens with one attached hydrogen (secondary N) is 1. The molecule has 236 valence electrons. The molecule has 11 heteroatoms. The van der Waals surface area contributed by atoms with Gasteiger partial charge in [-0.1, -0.05) is 78.5 Å². The molecular weight excluding hydrogens is 621 g/mol. The maximum absolute atomic E-state index is 14.0. The average molecular weight is 661 g/mol. The molecule has 0 radical (unpaired) electrons. The smallest absolute Gasteiger partial charge is 0.243 e. The highest BCUT2D eigenvalue weighted by Crippen LogP contribution is 2.30. The monoisotopic (exact) mass is 659 g/mol. The van der Waals surface area contributed by atoms with Gasteiger partial charge in [0.2, 0.25) is 21.8 Å². The molecule has 44 heavy (non-hydrogen) atoms. The number of hydrogen-bond donors (Lipinski definition) is 1. The first kappa shape index (κ1) is 33.6. The number of carbonyl (C=O) groups is 2. The van der Waals surface area contributed by atoms with E-state index in [9.17, 15) is 18.0 Å². The summed E-state index contributed by atoms with van der Waals surface area (Å²) in [5, 5.41) is 4.00. The molecule has 0 aromatic heterocycles. The molecule has 1 aliphatic rings. The molecule has 1 aliphatic carbocycles. The van der Waals surface area contributed by atoms with E-state index >= 15 is 0 Å². The van der Waals surface area contributed by atoms with Gasteiger partial charge in [0.25, 0.3) is 0 Å². The van der Waals surface area contributed by atoms with E-state index in [1.807, 2.05) is 42.5 Å². The molecule has 0 aliphatic heterocycles. The molecule has 1 atom stereocenters. The first-order valence-corrected chi connectivity index (χ1v) is 17.3. The van der Waals surface area contributed by atoms with Crippen LogP contribution in [0.5, 0.6) is 5.75 Å². The third-order valence-electron chi connectivity index (χ3n) is 7.79. The van der Waals surface area contributed by atoms with E-state index in [1.165, 1.54) is 17.5 Å². The molecule has 0 bridgehead atoms. The maximum Gasteiger partial charge on any atom is 0.243 e. The Labute approximate surface area is 270 Å². The first-order valence-electron chi connectivity index (χ1n) is 14.7. The van der Waals surface area contributed by atoms with E-state index in [4.69, 9.17) is 27.9 Å². The Balaban J connectivity index is 1.59. The van der Waals surface area contributed by atoms with Crippen molar-refractivity contribution in [2.24, 2.45) is 0 Å². The Morgan fingerprint density at radius 1 is 0.977 bits per heavy atom. The summed E-state index contributed by atoms with van der Waals surface area (Å²) >= 11 is 12.6. The van der Waals surface area contributed by atoms with Gasteiger partial charge in [-0.05, 0) is 60.7 Å². The lowest BCUT2D eigenvalue weighted by molar-refractivity contribution is -0.141. The van der Waals surface area contributed by atoms with Crippen molar-refractivity contribution in [3.8, 4) is 5.75 Å². The van der Waals surface area contributed by atoms with Crippen LogP contribution < -0.4 is 14.4 Å². The number of sulfonamides is 1. The molecular formula is C33H39Cl2N3O5S. The number of anilines is 1. The summed E-state index contributed by atoms with van der Waals surface area (Å²) in [6.45, 7) is 0.231. The number of rotatable bonds is 14. The SMILES string of the molecule is COc1ccc(N(CCCC(=O)N(Cc2cccc(Cl)c2)[C@@H](Cc2ccccc2)C(=O)NC2CCCC2)S(C)(=O)=O)cc1Cl. The Hall–Kier alpha value is -3.27. The first-order chi connectivity index (χ1) is 21.0. The Morgan fingerprint density at radius 3 is 2.32 bits per heavy atom. The molecule has 0 unspecified atom stereocenters. The van der Waals surface area contributed by atoms with Crippen LogP contribution in [-0.4, -0.2) is 57.1 Å². The van der Waals surface area contributed by atoms with Crippen LogP contribution in [0.1, 0.15) is 49.7 Å². The molecule has 4 rings (SSSR count). The number of amides is 2. The number of ether oxygens (including phenoxy) is 1. The topological polar surface area (TPSA) is 96.0 Å². The zero-order valence-electron chi connectivity index (χ0n) is 25.0. The standard InChI is InChI=1S/C33H39Cl2N3O5S/c1-43-31-18-17-28(22-29(31)35)38(44(2,41)42)19-9-16-32(39)37(23-25-12-8-13-26(34)20-25)30(21-24-10-4-3-5-11-24)33(40)36-27-14-6-7-15-27/h3-5,8,10-13,17-18,20,22,27,30H,6-7,9,14-16,19,21,23H2,1-2H3,(H,36,40)/t30-/m0/s1. The summed E-state index contributed by atoms with van der Waals surface area (Å²) in [7, 11) is -2.20. The molecule has 3 aromatic rings. The van der Waals surface area contributed by atoms with E-state index in [1.54, 1.807) is 29.2 Å². The predicted octanol–water partition coefficient (Wildman–Crippen LogP) is 6.25. The fraction of sp³-hybridized carbons (Fsp3) is 0.394. The van der Waals surface area contributed by atoms with Gasteiger partial charge in [-0.3, -0.25) is 13.9 Å². The van der Waals surface area contributed by atoms with E-state index in [2.05, 4.69) is 5.32 Å². The Morgan fingerprint density at radius 2 is 1.68 bits per heavy atom. The fourth-order valence-electron chi connectivity index (χ4n) is 5.57. The fourth-order valence-corrected chi connectivity index (χ4v) is 6.99. The van der Waals surface area contributed by atoms with Crippen molar-refractivity contribution in [3.05, 3.63) is 94.0 Å². The third-order valence-corrected chi connectivity index (χ3v) is 9.51. The summed E-state index contributed by atoms with van der Waals surface area (Å²) < 4.78 is 31.9. The van der Waals surface area contributed by atoms with Gasteiger partial charge in [0.1, 0.15) is 11.8 Å². The summed E-state index contributed by atoms with van der Waals surface area (Å²) in [5.41, 5.74) is 2.10. The van der Waals surface area contributed by atoms with Crippen molar-refractivity contribution < 1.29 is 22.7 Å². The Bertz CT molecular complexity index is 1530. The summed E-state index contributed by atoms with van der Waals surface area (Å²) in [6, 6.07) is 20.9. The second-order valence-electron chi connectivity index (χ2n) is 11.1. The van der Waals surface area contributed by atoms with Gasteiger partial charge in [0.05, 0.1) is 24.1 Å². The maximum atomic E-state index is 14.0.